The molecule has 54 heavy (non-hydrogen) atoms. The number of carbonyl (C=O) groups excluding carboxylic acids is 5. The maximum atomic E-state index is 12.7. The largest absolute Gasteiger partial charge is 0.403 e. The van der Waals surface area contributed by atoms with E-state index in [1.165, 1.54) is 32.0 Å². The van der Waals surface area contributed by atoms with Crippen LogP contribution >= 0.6 is 7.75 Å². The number of Topliss-reactive ketones (excluding diaryl/α,β-unsaturated/α-hetero) is 4. The molecule has 0 radical (unpaired) electrons. The summed E-state index contributed by atoms with van der Waals surface area (Å²) in [4.78, 5) is 80.6. The van der Waals surface area contributed by atoms with E-state index >= 15 is 0 Å². The highest BCUT2D eigenvalue weighted by Gasteiger charge is 2.28. The zero-order valence-electron chi connectivity index (χ0n) is 32.4. The lowest BCUT2D eigenvalue weighted by atomic mass is 10.0. The van der Waals surface area contributed by atoms with Crippen molar-refractivity contribution in [3.05, 3.63) is 39.4 Å². The Balaban J connectivity index is 2.33. The summed E-state index contributed by atoms with van der Waals surface area (Å²) in [5.74, 6) is 5.83. The Morgan fingerprint density at radius 3 is 1.96 bits per heavy atom. The average Bonchev–Trinajstić information content (AvgIpc) is 3.12. The van der Waals surface area contributed by atoms with Crippen LogP contribution in [0.1, 0.15) is 154 Å². The fourth-order valence-corrected chi connectivity index (χ4v) is 6.67. The fraction of sp³-hybridized carbons (Fsp3) is 0.667. The first-order valence-corrected chi connectivity index (χ1v) is 20.8. The molecule has 2 atom stereocenters. The normalized spacial score (nSPS) is 12.6. The molecule has 0 aliphatic heterocycles. The van der Waals surface area contributed by atoms with Gasteiger partial charge in [-0.15, -0.1) is 5.92 Å². The van der Waals surface area contributed by atoms with E-state index in [9.17, 15) is 43.5 Å². The van der Waals surface area contributed by atoms with E-state index in [2.05, 4.69) is 27.6 Å². The number of amides is 1. The van der Waals surface area contributed by atoms with Gasteiger partial charge in [0.2, 0.25) is 5.91 Å². The van der Waals surface area contributed by atoms with Crippen molar-refractivity contribution >= 4 is 42.5 Å². The van der Waals surface area contributed by atoms with Crippen molar-refractivity contribution < 1.29 is 42.9 Å². The Labute approximate surface area is 320 Å². The minimum Gasteiger partial charge on any atom is -0.352 e. The molecule has 1 aromatic rings. The first kappa shape index (κ1) is 48.4. The van der Waals surface area contributed by atoms with Crippen LogP contribution in [0, 0.1) is 22.0 Å². The molecular weight excluding hydrogens is 715 g/mol. The van der Waals surface area contributed by atoms with Crippen molar-refractivity contribution in [3.8, 4) is 11.8 Å². The molecule has 0 spiro atoms. The predicted octanol–water partition coefficient (Wildman–Crippen LogP) is 6.91. The van der Waals surface area contributed by atoms with E-state index in [-0.39, 0.29) is 59.9 Å². The number of benzene rings is 1. The molecule has 4 N–H and O–H groups in total. The Hall–Kier alpha value is -3.60. The number of ketones is 4. The highest BCUT2D eigenvalue weighted by atomic mass is 31.2. The molecule has 2 unspecified atom stereocenters. The third-order valence-corrected chi connectivity index (χ3v) is 9.93. The SMILES string of the molecule is CC#CCNCC(=O)CCCCCNP(=O)(O)OC(C)c1cc(CNC(=O)CCCCCCC(=O)CCCCCCC(=O)CCC(C)=O)ccc1[N+](=O)[O-]. The van der Waals surface area contributed by atoms with Gasteiger partial charge in [0.05, 0.1) is 29.7 Å². The fourth-order valence-electron chi connectivity index (χ4n) is 5.61. The highest BCUT2D eigenvalue weighted by Crippen LogP contribution is 2.44. The monoisotopic (exact) mass is 776 g/mol. The van der Waals surface area contributed by atoms with Gasteiger partial charge in [-0.1, -0.05) is 44.1 Å². The molecule has 0 fully saturated rings. The van der Waals surface area contributed by atoms with Gasteiger partial charge in [-0.05, 0) is 70.9 Å². The number of nitro groups is 1. The molecule has 0 aromatic heterocycles. The zero-order valence-corrected chi connectivity index (χ0v) is 33.3. The van der Waals surface area contributed by atoms with Crippen LogP contribution in [0.5, 0.6) is 0 Å². The Kier molecular flexibility index (Phi) is 25.8. The summed E-state index contributed by atoms with van der Waals surface area (Å²) in [5.41, 5.74) is 0.395. The Bertz CT molecular complexity index is 1470. The summed E-state index contributed by atoms with van der Waals surface area (Å²) in [7, 11) is -4.31. The van der Waals surface area contributed by atoms with Gasteiger partial charge in [-0.25, -0.2) is 9.65 Å². The van der Waals surface area contributed by atoms with Gasteiger partial charge in [-0.2, -0.15) is 0 Å². The number of hydrogen-bond donors (Lipinski definition) is 4. The number of nitro benzene ring substituents is 1. The molecule has 1 aromatic carbocycles. The molecule has 0 bridgehead atoms. The standard InChI is InChI=1S/C39H61N4O10P/c1-4-5-26-40-30-36(47)20-14-10-16-27-42-54(51,52)53-32(3)37-28-33(23-25-38(37)43(49)50)29-41-39(48)21-15-9-8-12-18-34(45)17-11-6-7-13-19-35(46)24-22-31(2)44/h23,25,28,32,40H,6-22,24,26-27,29-30H2,1-3H3,(H,41,48)(H2,42,51,52). The Morgan fingerprint density at radius 2 is 1.39 bits per heavy atom. The number of hydrogen-bond acceptors (Lipinski definition) is 10. The summed E-state index contributed by atoms with van der Waals surface area (Å²) in [6.45, 7) is 5.63. The summed E-state index contributed by atoms with van der Waals surface area (Å²) in [5, 5.41) is 19.9. The van der Waals surface area contributed by atoms with Crippen molar-refractivity contribution in [1.29, 1.82) is 0 Å². The predicted molar refractivity (Wildman–Crippen MR) is 207 cm³/mol. The van der Waals surface area contributed by atoms with E-state index in [4.69, 9.17) is 4.52 Å². The number of nitrogens with one attached hydrogen (secondary N) is 3. The average molecular weight is 777 g/mol. The molecule has 0 saturated heterocycles. The van der Waals surface area contributed by atoms with Crippen molar-refractivity contribution in [1.82, 2.24) is 15.7 Å². The van der Waals surface area contributed by atoms with Crippen molar-refractivity contribution in [2.45, 2.75) is 149 Å². The van der Waals surface area contributed by atoms with Crippen LogP contribution in [0.25, 0.3) is 0 Å². The number of carbonyl (C=O) groups is 5. The third-order valence-electron chi connectivity index (χ3n) is 8.70. The van der Waals surface area contributed by atoms with Gasteiger partial charge in [-0.3, -0.25) is 39.1 Å². The molecule has 302 valence electrons. The molecule has 1 amide bonds. The minimum absolute atomic E-state index is 0.0293. The van der Waals surface area contributed by atoms with Crippen molar-refractivity contribution in [2.24, 2.45) is 0 Å². The maximum absolute atomic E-state index is 12.7. The van der Waals surface area contributed by atoms with E-state index in [1.54, 1.807) is 6.92 Å². The molecule has 1 rings (SSSR count). The zero-order chi connectivity index (χ0) is 40.2. The van der Waals surface area contributed by atoms with Gasteiger partial charge in [0.1, 0.15) is 23.1 Å². The number of rotatable bonds is 33. The van der Waals surface area contributed by atoms with E-state index in [0.717, 1.165) is 44.9 Å². The molecule has 14 nitrogen and oxygen atoms in total. The number of nitrogens with zero attached hydrogens (tertiary/aromatic N) is 1. The van der Waals surface area contributed by atoms with Gasteiger partial charge < -0.3 is 15.0 Å². The lowest BCUT2D eigenvalue weighted by Crippen LogP contribution is -2.23. The lowest BCUT2D eigenvalue weighted by molar-refractivity contribution is -0.386. The topological polar surface area (TPSA) is 211 Å². The van der Waals surface area contributed by atoms with E-state index in [0.29, 0.717) is 82.7 Å². The summed E-state index contributed by atoms with van der Waals surface area (Å²) in [6, 6.07) is 4.28. The molecule has 0 saturated carbocycles. The quantitative estimate of drug-likeness (QED) is 0.0189. The van der Waals surface area contributed by atoms with Crippen LogP contribution in [-0.4, -0.2) is 58.5 Å². The van der Waals surface area contributed by atoms with E-state index in [1.807, 2.05) is 0 Å². The molecule has 0 aliphatic rings. The molecule has 15 heteroatoms. The van der Waals surface area contributed by atoms with Crippen LogP contribution in [0.15, 0.2) is 18.2 Å². The van der Waals surface area contributed by atoms with Crippen molar-refractivity contribution in [2.75, 3.05) is 19.6 Å². The molecular formula is C39H61N4O10P. The van der Waals surface area contributed by atoms with Gasteiger partial charge in [0, 0.05) is 64.1 Å². The summed E-state index contributed by atoms with van der Waals surface area (Å²) < 4.78 is 18.1. The maximum Gasteiger partial charge on any atom is 0.403 e. The number of unbranched alkanes of at least 4 members (excludes halogenated alkanes) is 8. The van der Waals surface area contributed by atoms with Crippen LogP contribution in [0.3, 0.4) is 0 Å². The highest BCUT2D eigenvalue weighted by molar-refractivity contribution is 7.50. The lowest BCUT2D eigenvalue weighted by Gasteiger charge is -2.19. The second-order valence-electron chi connectivity index (χ2n) is 13.6. The minimum atomic E-state index is -4.31. The second-order valence-corrected chi connectivity index (χ2v) is 15.2. The van der Waals surface area contributed by atoms with Crippen LogP contribution in [0.4, 0.5) is 5.69 Å². The summed E-state index contributed by atoms with van der Waals surface area (Å²) in [6.07, 6.45) is 10.0. The smallest absolute Gasteiger partial charge is 0.352 e. The van der Waals surface area contributed by atoms with Gasteiger partial charge in [0.25, 0.3) is 5.69 Å². The second kappa shape index (κ2) is 28.8. The first-order chi connectivity index (χ1) is 25.7. The first-order valence-electron chi connectivity index (χ1n) is 19.2. The molecule has 0 heterocycles. The molecule has 0 aliphatic carbocycles. The third kappa shape index (κ3) is 24.7. The summed E-state index contributed by atoms with van der Waals surface area (Å²) >= 11 is 0. The van der Waals surface area contributed by atoms with Crippen molar-refractivity contribution in [3.63, 3.8) is 0 Å². The van der Waals surface area contributed by atoms with E-state index < -0.39 is 18.8 Å². The Morgan fingerprint density at radius 1 is 0.833 bits per heavy atom. The van der Waals surface area contributed by atoms with Gasteiger partial charge >= 0.3 is 7.75 Å². The van der Waals surface area contributed by atoms with Crippen LogP contribution in [0.2, 0.25) is 0 Å². The van der Waals surface area contributed by atoms with Crippen LogP contribution in [-0.2, 0) is 39.6 Å². The van der Waals surface area contributed by atoms with Crippen LogP contribution < -0.4 is 15.7 Å². The van der Waals surface area contributed by atoms with Gasteiger partial charge in [0.15, 0.2) is 0 Å².